The second-order valence-corrected chi connectivity index (χ2v) is 9.86. The van der Waals surface area contributed by atoms with Gasteiger partial charge in [-0.3, -0.25) is 0 Å². The Labute approximate surface area is 196 Å². The van der Waals surface area contributed by atoms with E-state index in [-0.39, 0.29) is 12.2 Å². The number of aliphatic hydroxyl groups is 1. The Bertz CT molecular complexity index is 996. The maximum absolute atomic E-state index is 12.5. The molecule has 33 heavy (non-hydrogen) atoms. The number of rotatable bonds is 4. The highest BCUT2D eigenvalue weighted by molar-refractivity contribution is 5.68. The molecule has 0 bridgehead atoms. The van der Waals surface area contributed by atoms with Crippen LogP contribution in [0.25, 0.3) is 0 Å². The van der Waals surface area contributed by atoms with Gasteiger partial charge in [0, 0.05) is 37.2 Å². The van der Waals surface area contributed by atoms with E-state index >= 15 is 0 Å². The van der Waals surface area contributed by atoms with Crippen LogP contribution in [-0.2, 0) is 24.1 Å². The second-order valence-electron chi connectivity index (χ2n) is 9.86. The maximum Gasteiger partial charge on any atom is 0.410 e. The standard InChI is InChI=1S/C25H35N5O3/c1-5-17-14-19(6-7-22(17)29-12-9-20(31)10-13-29)27-23-26-15-18-8-11-30(16-21(18)28-23)24(32)33-25(2,3)4/h6-7,14-15,20,31H,5,8-13,16H2,1-4H3,(H,26,27,28). The van der Waals surface area contributed by atoms with Gasteiger partial charge in [-0.25, -0.2) is 14.8 Å². The number of hydrogen-bond acceptors (Lipinski definition) is 7. The van der Waals surface area contributed by atoms with E-state index in [1.165, 1.54) is 11.3 Å². The minimum atomic E-state index is -0.521. The van der Waals surface area contributed by atoms with Crippen molar-refractivity contribution in [1.82, 2.24) is 14.9 Å². The van der Waals surface area contributed by atoms with Crippen molar-refractivity contribution in [1.29, 1.82) is 0 Å². The first-order valence-electron chi connectivity index (χ1n) is 11.9. The van der Waals surface area contributed by atoms with Crippen LogP contribution in [0, 0.1) is 0 Å². The summed E-state index contributed by atoms with van der Waals surface area (Å²) in [7, 11) is 0. The number of carbonyl (C=O) groups excluding carboxylic acids is 1. The van der Waals surface area contributed by atoms with Gasteiger partial charge < -0.3 is 25.0 Å². The average molecular weight is 454 g/mol. The van der Waals surface area contributed by atoms with Gasteiger partial charge in [0.25, 0.3) is 0 Å². The molecular weight excluding hydrogens is 418 g/mol. The molecule has 4 rings (SSSR count). The van der Waals surface area contributed by atoms with Crippen molar-refractivity contribution in [2.75, 3.05) is 29.9 Å². The molecule has 3 heterocycles. The van der Waals surface area contributed by atoms with E-state index in [4.69, 9.17) is 9.72 Å². The fourth-order valence-corrected chi connectivity index (χ4v) is 4.34. The minimum Gasteiger partial charge on any atom is -0.444 e. The first-order valence-corrected chi connectivity index (χ1v) is 11.9. The van der Waals surface area contributed by atoms with Gasteiger partial charge >= 0.3 is 6.09 Å². The summed E-state index contributed by atoms with van der Waals surface area (Å²) in [5.74, 6) is 0.524. The Morgan fingerprint density at radius 3 is 2.70 bits per heavy atom. The lowest BCUT2D eigenvalue weighted by Crippen LogP contribution is -2.40. The van der Waals surface area contributed by atoms with Crippen LogP contribution in [0.1, 0.15) is 57.4 Å². The largest absolute Gasteiger partial charge is 0.444 e. The molecule has 0 saturated carbocycles. The number of hydrogen-bond donors (Lipinski definition) is 2. The average Bonchev–Trinajstić information content (AvgIpc) is 2.78. The van der Waals surface area contributed by atoms with Crippen molar-refractivity contribution in [3.63, 3.8) is 0 Å². The fraction of sp³-hybridized carbons (Fsp3) is 0.560. The van der Waals surface area contributed by atoms with Gasteiger partial charge in [-0.1, -0.05) is 6.92 Å². The lowest BCUT2D eigenvalue weighted by Gasteiger charge is -2.33. The number of aryl methyl sites for hydroxylation is 1. The molecular formula is C25H35N5O3. The highest BCUT2D eigenvalue weighted by Gasteiger charge is 2.27. The number of carbonyl (C=O) groups is 1. The van der Waals surface area contributed by atoms with Crippen molar-refractivity contribution in [3.05, 3.63) is 41.2 Å². The summed E-state index contributed by atoms with van der Waals surface area (Å²) in [5.41, 5.74) is 4.82. The summed E-state index contributed by atoms with van der Waals surface area (Å²) >= 11 is 0. The summed E-state index contributed by atoms with van der Waals surface area (Å²) < 4.78 is 5.52. The molecule has 2 N–H and O–H groups in total. The van der Waals surface area contributed by atoms with Crippen LogP contribution in [0.15, 0.2) is 24.4 Å². The zero-order valence-corrected chi connectivity index (χ0v) is 20.1. The van der Waals surface area contributed by atoms with Gasteiger partial charge in [-0.05, 0) is 75.8 Å². The molecule has 8 nitrogen and oxygen atoms in total. The molecule has 178 valence electrons. The molecule has 0 spiro atoms. The third kappa shape index (κ3) is 5.74. The van der Waals surface area contributed by atoms with Crippen molar-refractivity contribution in [2.45, 2.75) is 71.6 Å². The molecule has 1 amide bonds. The highest BCUT2D eigenvalue weighted by Crippen LogP contribution is 2.29. The predicted molar refractivity (Wildman–Crippen MR) is 129 cm³/mol. The molecule has 0 unspecified atom stereocenters. The number of benzene rings is 1. The molecule has 2 aromatic rings. The zero-order chi connectivity index (χ0) is 23.6. The van der Waals surface area contributed by atoms with Crippen LogP contribution in [-0.4, -0.2) is 57.4 Å². The zero-order valence-electron chi connectivity index (χ0n) is 20.1. The third-order valence-electron chi connectivity index (χ3n) is 6.12. The monoisotopic (exact) mass is 453 g/mol. The topological polar surface area (TPSA) is 90.8 Å². The van der Waals surface area contributed by atoms with Crippen LogP contribution >= 0.6 is 0 Å². The summed E-state index contributed by atoms with van der Waals surface area (Å²) in [6.45, 7) is 10.6. The molecule has 0 atom stereocenters. The van der Waals surface area contributed by atoms with E-state index in [0.717, 1.165) is 49.3 Å². The van der Waals surface area contributed by atoms with E-state index in [1.54, 1.807) is 4.90 Å². The van der Waals surface area contributed by atoms with Gasteiger partial charge in [0.05, 0.1) is 18.3 Å². The smallest absolute Gasteiger partial charge is 0.410 e. The molecule has 0 aliphatic carbocycles. The molecule has 0 radical (unpaired) electrons. The summed E-state index contributed by atoms with van der Waals surface area (Å²) in [5, 5.41) is 13.1. The molecule has 1 saturated heterocycles. The van der Waals surface area contributed by atoms with Crippen molar-refractivity contribution < 1.29 is 14.6 Å². The maximum atomic E-state index is 12.5. The van der Waals surface area contributed by atoms with Crippen LogP contribution in [0.3, 0.4) is 0 Å². The Balaban J connectivity index is 1.47. The Morgan fingerprint density at radius 2 is 2.00 bits per heavy atom. The van der Waals surface area contributed by atoms with Crippen LogP contribution in [0.4, 0.5) is 22.1 Å². The van der Waals surface area contributed by atoms with E-state index < -0.39 is 5.60 Å². The molecule has 8 heteroatoms. The van der Waals surface area contributed by atoms with Gasteiger partial charge in [0.2, 0.25) is 5.95 Å². The Kier molecular flexibility index (Phi) is 6.74. The number of aromatic nitrogens is 2. The lowest BCUT2D eigenvalue weighted by molar-refractivity contribution is 0.0220. The number of fused-ring (bicyclic) bond motifs is 1. The number of aliphatic hydroxyl groups excluding tert-OH is 1. The van der Waals surface area contributed by atoms with E-state index in [1.807, 2.05) is 27.0 Å². The molecule has 1 aromatic carbocycles. The van der Waals surface area contributed by atoms with Gasteiger partial charge in [-0.15, -0.1) is 0 Å². The number of anilines is 3. The van der Waals surface area contributed by atoms with Crippen molar-refractivity contribution in [3.8, 4) is 0 Å². The van der Waals surface area contributed by atoms with Crippen LogP contribution in [0.2, 0.25) is 0 Å². The van der Waals surface area contributed by atoms with Crippen molar-refractivity contribution in [2.24, 2.45) is 0 Å². The molecule has 2 aliphatic heterocycles. The predicted octanol–water partition coefficient (Wildman–Crippen LogP) is 4.04. The normalized spacial score (nSPS) is 17.0. The fourth-order valence-electron chi connectivity index (χ4n) is 4.34. The van der Waals surface area contributed by atoms with Gasteiger partial charge in [0.15, 0.2) is 0 Å². The minimum absolute atomic E-state index is 0.181. The number of nitrogens with zero attached hydrogens (tertiary/aromatic N) is 4. The van der Waals surface area contributed by atoms with Gasteiger partial charge in [-0.2, -0.15) is 0 Å². The van der Waals surface area contributed by atoms with Gasteiger partial charge in [0.1, 0.15) is 5.60 Å². The quantitative estimate of drug-likeness (QED) is 0.722. The second kappa shape index (κ2) is 9.55. The van der Waals surface area contributed by atoms with E-state index in [9.17, 15) is 9.90 Å². The van der Waals surface area contributed by atoms with Crippen LogP contribution < -0.4 is 10.2 Å². The van der Waals surface area contributed by atoms with Crippen molar-refractivity contribution >= 4 is 23.4 Å². The Morgan fingerprint density at radius 1 is 1.24 bits per heavy atom. The van der Waals surface area contributed by atoms with E-state index in [0.29, 0.717) is 25.5 Å². The molecule has 1 aromatic heterocycles. The Hall–Kier alpha value is -2.87. The number of piperidine rings is 1. The van der Waals surface area contributed by atoms with Crippen LogP contribution in [0.5, 0.6) is 0 Å². The van der Waals surface area contributed by atoms with E-state index in [2.05, 4.69) is 40.3 Å². The highest BCUT2D eigenvalue weighted by atomic mass is 16.6. The summed E-state index contributed by atoms with van der Waals surface area (Å²) in [4.78, 5) is 25.7. The number of ether oxygens (including phenoxy) is 1. The SMILES string of the molecule is CCc1cc(Nc2ncc3c(n2)CN(C(=O)OC(C)(C)C)CC3)ccc1N1CCC(O)CC1. The molecule has 1 fully saturated rings. The first kappa shape index (κ1) is 23.3. The first-order chi connectivity index (χ1) is 15.7. The lowest BCUT2D eigenvalue weighted by atomic mass is 10.0. The summed E-state index contributed by atoms with van der Waals surface area (Å²) in [6, 6.07) is 6.34. The summed E-state index contributed by atoms with van der Waals surface area (Å²) in [6.07, 6.45) is 4.62. The third-order valence-corrected chi connectivity index (χ3v) is 6.12. The molecule has 2 aliphatic rings. The number of amides is 1. The number of nitrogens with one attached hydrogen (secondary N) is 1.